The third-order valence-electron chi connectivity index (χ3n) is 5.58. The molecule has 2 heterocycles. The zero-order valence-corrected chi connectivity index (χ0v) is 14.6. The van der Waals surface area contributed by atoms with Crippen molar-refractivity contribution < 1.29 is 4.79 Å². The average Bonchev–Trinajstić information content (AvgIpc) is 3.46. The molecule has 0 atom stereocenters. The number of aromatic nitrogens is 1. The summed E-state index contributed by atoms with van der Waals surface area (Å²) in [5.74, 6) is 0.384. The number of rotatable bonds is 6. The molecule has 2 fully saturated rings. The summed E-state index contributed by atoms with van der Waals surface area (Å²) in [6.45, 7) is 5.08. The fourth-order valence-corrected chi connectivity index (χ4v) is 3.92. The van der Waals surface area contributed by atoms with Crippen molar-refractivity contribution >= 4 is 5.78 Å². The first kappa shape index (κ1) is 16.4. The summed E-state index contributed by atoms with van der Waals surface area (Å²) in [7, 11) is 0. The van der Waals surface area contributed by atoms with E-state index in [4.69, 9.17) is 0 Å². The highest BCUT2D eigenvalue weighted by molar-refractivity contribution is 5.93. The molecule has 1 aromatic heterocycles. The average molecular weight is 335 g/mol. The summed E-state index contributed by atoms with van der Waals surface area (Å²) in [6, 6.07) is 14.5. The van der Waals surface area contributed by atoms with E-state index in [2.05, 4.69) is 45.1 Å². The van der Waals surface area contributed by atoms with E-state index in [-0.39, 0.29) is 5.54 Å². The van der Waals surface area contributed by atoms with Gasteiger partial charge in [0.2, 0.25) is 0 Å². The highest BCUT2D eigenvalue weighted by Gasteiger charge is 2.53. The number of benzene rings is 1. The number of hydrogen-bond donors (Lipinski definition) is 0. The summed E-state index contributed by atoms with van der Waals surface area (Å²) in [4.78, 5) is 21.9. The molecule has 1 aromatic carbocycles. The van der Waals surface area contributed by atoms with Gasteiger partial charge in [0.15, 0.2) is 5.78 Å². The third-order valence-corrected chi connectivity index (χ3v) is 5.58. The fraction of sp³-hybridized carbons (Fsp3) is 0.429. The number of pyridine rings is 1. The van der Waals surface area contributed by atoms with Crippen molar-refractivity contribution in [3.05, 3.63) is 66.0 Å². The minimum Gasteiger partial charge on any atom is -0.297 e. The standard InChI is InChI=1S/C21H25N3O/c25-20(16-18-6-10-22-11-7-18)21(8-9-21)24-14-12-23(13-15-24)17-19-4-2-1-3-5-19/h1-7,10-11H,8-9,12-17H2. The van der Waals surface area contributed by atoms with E-state index in [1.165, 1.54) is 5.56 Å². The largest absolute Gasteiger partial charge is 0.297 e. The van der Waals surface area contributed by atoms with E-state index in [9.17, 15) is 4.79 Å². The second-order valence-electron chi connectivity index (χ2n) is 7.24. The van der Waals surface area contributed by atoms with E-state index in [1.807, 2.05) is 12.1 Å². The van der Waals surface area contributed by atoms with Gasteiger partial charge in [-0.1, -0.05) is 30.3 Å². The van der Waals surface area contributed by atoms with Crippen LogP contribution in [0.5, 0.6) is 0 Å². The van der Waals surface area contributed by atoms with Crippen LogP contribution in [0.25, 0.3) is 0 Å². The van der Waals surface area contributed by atoms with Gasteiger partial charge in [-0.15, -0.1) is 0 Å². The molecule has 1 saturated carbocycles. The summed E-state index contributed by atoms with van der Waals surface area (Å²) in [5.41, 5.74) is 2.27. The summed E-state index contributed by atoms with van der Waals surface area (Å²) in [5, 5.41) is 0. The molecule has 4 heteroatoms. The van der Waals surface area contributed by atoms with Crippen LogP contribution in [0.1, 0.15) is 24.0 Å². The molecule has 4 nitrogen and oxygen atoms in total. The maximum Gasteiger partial charge on any atom is 0.157 e. The molecule has 25 heavy (non-hydrogen) atoms. The zero-order valence-electron chi connectivity index (χ0n) is 14.6. The SMILES string of the molecule is O=C(Cc1ccncc1)C1(N2CCN(Cc3ccccc3)CC2)CC1. The van der Waals surface area contributed by atoms with Crippen LogP contribution in [0.2, 0.25) is 0 Å². The van der Waals surface area contributed by atoms with Gasteiger partial charge in [0.25, 0.3) is 0 Å². The Morgan fingerprint density at radius 3 is 2.24 bits per heavy atom. The van der Waals surface area contributed by atoms with Gasteiger partial charge in [-0.25, -0.2) is 0 Å². The second kappa shape index (κ2) is 7.06. The lowest BCUT2D eigenvalue weighted by molar-refractivity contribution is -0.126. The minimum absolute atomic E-state index is 0.178. The number of piperazine rings is 1. The molecule has 0 radical (unpaired) electrons. The van der Waals surface area contributed by atoms with Gasteiger partial charge in [-0.3, -0.25) is 19.6 Å². The Hall–Kier alpha value is -2.04. The van der Waals surface area contributed by atoms with Gasteiger partial charge in [-0.2, -0.15) is 0 Å². The topological polar surface area (TPSA) is 36.4 Å². The number of carbonyl (C=O) groups is 1. The zero-order chi connectivity index (χ0) is 17.1. The van der Waals surface area contributed by atoms with Gasteiger partial charge >= 0.3 is 0 Å². The van der Waals surface area contributed by atoms with Crippen molar-refractivity contribution in [2.24, 2.45) is 0 Å². The van der Waals surface area contributed by atoms with Crippen molar-refractivity contribution in [2.75, 3.05) is 26.2 Å². The van der Waals surface area contributed by atoms with Gasteiger partial charge in [-0.05, 0) is 36.1 Å². The number of carbonyl (C=O) groups excluding carboxylic acids is 1. The molecule has 0 amide bonds. The van der Waals surface area contributed by atoms with Crippen LogP contribution in [0.4, 0.5) is 0 Å². The fourth-order valence-electron chi connectivity index (χ4n) is 3.92. The Balaban J connectivity index is 1.33. The van der Waals surface area contributed by atoms with Crippen molar-refractivity contribution in [3.63, 3.8) is 0 Å². The van der Waals surface area contributed by atoms with E-state index in [1.54, 1.807) is 12.4 Å². The van der Waals surface area contributed by atoms with Crippen molar-refractivity contribution in [1.29, 1.82) is 0 Å². The molecule has 0 unspecified atom stereocenters. The third kappa shape index (κ3) is 3.65. The molecular formula is C21H25N3O. The maximum atomic E-state index is 12.9. The van der Waals surface area contributed by atoms with Crippen LogP contribution in [-0.2, 0) is 17.8 Å². The molecule has 4 rings (SSSR count). The van der Waals surface area contributed by atoms with Crippen molar-refractivity contribution in [3.8, 4) is 0 Å². The van der Waals surface area contributed by atoms with Gasteiger partial charge < -0.3 is 0 Å². The lowest BCUT2D eigenvalue weighted by Gasteiger charge is -2.39. The highest BCUT2D eigenvalue weighted by Crippen LogP contribution is 2.43. The number of nitrogens with zero attached hydrogens (tertiary/aromatic N) is 3. The van der Waals surface area contributed by atoms with E-state index in [0.29, 0.717) is 12.2 Å². The van der Waals surface area contributed by atoms with Gasteiger partial charge in [0.1, 0.15) is 0 Å². The summed E-state index contributed by atoms with van der Waals surface area (Å²) >= 11 is 0. The minimum atomic E-state index is -0.178. The maximum absolute atomic E-state index is 12.9. The summed E-state index contributed by atoms with van der Waals surface area (Å²) < 4.78 is 0. The van der Waals surface area contributed by atoms with Crippen LogP contribution >= 0.6 is 0 Å². The number of hydrogen-bond acceptors (Lipinski definition) is 4. The Morgan fingerprint density at radius 1 is 0.920 bits per heavy atom. The molecule has 0 spiro atoms. The second-order valence-corrected chi connectivity index (χ2v) is 7.24. The van der Waals surface area contributed by atoms with Crippen LogP contribution < -0.4 is 0 Å². The predicted molar refractivity (Wildman–Crippen MR) is 98.2 cm³/mol. The smallest absolute Gasteiger partial charge is 0.157 e. The van der Waals surface area contributed by atoms with Gasteiger partial charge in [0.05, 0.1) is 5.54 Å². The Kier molecular flexibility index (Phi) is 4.64. The molecular weight excluding hydrogens is 310 g/mol. The highest BCUT2D eigenvalue weighted by atomic mass is 16.1. The first-order valence-corrected chi connectivity index (χ1v) is 9.20. The van der Waals surface area contributed by atoms with Gasteiger partial charge in [0, 0.05) is 51.5 Å². The molecule has 130 valence electrons. The van der Waals surface area contributed by atoms with Crippen LogP contribution in [0, 0.1) is 0 Å². The van der Waals surface area contributed by atoms with Crippen LogP contribution in [-0.4, -0.2) is 52.3 Å². The quantitative estimate of drug-likeness (QED) is 0.813. The number of Topliss-reactive ketones (excluding diaryl/α,β-unsaturated/α-hetero) is 1. The first-order chi connectivity index (χ1) is 12.3. The Bertz CT molecular complexity index is 704. The van der Waals surface area contributed by atoms with E-state index >= 15 is 0 Å². The molecule has 1 aliphatic heterocycles. The van der Waals surface area contributed by atoms with Crippen molar-refractivity contribution in [2.45, 2.75) is 31.3 Å². The Labute approximate surface area is 149 Å². The molecule has 0 bridgehead atoms. The molecule has 2 aliphatic rings. The Morgan fingerprint density at radius 2 is 1.60 bits per heavy atom. The molecule has 2 aromatic rings. The van der Waals surface area contributed by atoms with Crippen molar-refractivity contribution in [1.82, 2.24) is 14.8 Å². The normalized spacial score (nSPS) is 20.3. The molecule has 0 N–H and O–H groups in total. The molecule has 1 aliphatic carbocycles. The monoisotopic (exact) mass is 335 g/mol. The van der Waals surface area contributed by atoms with Crippen LogP contribution in [0.15, 0.2) is 54.9 Å². The van der Waals surface area contributed by atoms with E-state index in [0.717, 1.165) is 51.1 Å². The van der Waals surface area contributed by atoms with E-state index < -0.39 is 0 Å². The first-order valence-electron chi connectivity index (χ1n) is 9.20. The predicted octanol–water partition coefficient (Wildman–Crippen LogP) is 2.54. The van der Waals surface area contributed by atoms with Crippen LogP contribution in [0.3, 0.4) is 0 Å². The summed E-state index contributed by atoms with van der Waals surface area (Å²) in [6.07, 6.45) is 6.12. The number of ketones is 1. The lowest BCUT2D eigenvalue weighted by Crippen LogP contribution is -2.54. The molecule has 1 saturated heterocycles. The lowest BCUT2D eigenvalue weighted by atomic mass is 10.0.